The molecule has 0 aliphatic heterocycles. The van der Waals surface area contributed by atoms with E-state index in [9.17, 15) is 13.6 Å². The van der Waals surface area contributed by atoms with Gasteiger partial charge in [0.05, 0.1) is 11.3 Å². The van der Waals surface area contributed by atoms with E-state index in [0.29, 0.717) is 0 Å². The van der Waals surface area contributed by atoms with Crippen molar-refractivity contribution in [3.05, 3.63) is 48.0 Å². The SMILES string of the molecule is Nc1ccccc1Oc1cc(C(=O)O)ccc1OC(F)F. The van der Waals surface area contributed by atoms with Crippen molar-refractivity contribution in [2.24, 2.45) is 0 Å². The minimum atomic E-state index is -3.06. The third-order valence-corrected chi connectivity index (χ3v) is 2.55. The first kappa shape index (κ1) is 14.6. The largest absolute Gasteiger partial charge is 0.478 e. The quantitative estimate of drug-likeness (QED) is 0.826. The van der Waals surface area contributed by atoms with Gasteiger partial charge in [0.15, 0.2) is 17.2 Å². The van der Waals surface area contributed by atoms with E-state index in [-0.39, 0.29) is 28.5 Å². The Balaban J connectivity index is 2.40. The van der Waals surface area contributed by atoms with E-state index in [0.717, 1.165) is 18.2 Å². The topological polar surface area (TPSA) is 81.8 Å². The number of hydrogen-bond acceptors (Lipinski definition) is 4. The van der Waals surface area contributed by atoms with Gasteiger partial charge in [-0.1, -0.05) is 12.1 Å². The van der Waals surface area contributed by atoms with Gasteiger partial charge in [0.25, 0.3) is 0 Å². The molecular weight excluding hydrogens is 284 g/mol. The molecule has 0 heterocycles. The molecule has 2 aromatic carbocycles. The molecule has 2 aromatic rings. The number of halogens is 2. The molecule has 0 saturated heterocycles. The van der Waals surface area contributed by atoms with E-state index in [1.807, 2.05) is 0 Å². The fourth-order valence-electron chi connectivity index (χ4n) is 1.61. The second-order valence-corrected chi connectivity index (χ2v) is 3.99. The zero-order valence-electron chi connectivity index (χ0n) is 10.6. The number of ether oxygens (including phenoxy) is 2. The van der Waals surface area contributed by atoms with Crippen LogP contribution in [0.3, 0.4) is 0 Å². The van der Waals surface area contributed by atoms with Crippen molar-refractivity contribution in [1.82, 2.24) is 0 Å². The van der Waals surface area contributed by atoms with E-state index in [2.05, 4.69) is 4.74 Å². The van der Waals surface area contributed by atoms with Crippen molar-refractivity contribution >= 4 is 11.7 Å². The van der Waals surface area contributed by atoms with Crippen LogP contribution in [0.25, 0.3) is 0 Å². The first-order valence-corrected chi connectivity index (χ1v) is 5.82. The fourth-order valence-corrected chi connectivity index (χ4v) is 1.61. The number of nitrogens with two attached hydrogens (primary N) is 1. The van der Waals surface area contributed by atoms with Crippen molar-refractivity contribution in [2.45, 2.75) is 6.61 Å². The van der Waals surface area contributed by atoms with Crippen LogP contribution >= 0.6 is 0 Å². The Hall–Kier alpha value is -2.83. The molecule has 21 heavy (non-hydrogen) atoms. The Bertz CT molecular complexity index is 661. The molecule has 0 amide bonds. The van der Waals surface area contributed by atoms with Gasteiger partial charge < -0.3 is 20.3 Å². The van der Waals surface area contributed by atoms with Crippen LogP contribution in [0.2, 0.25) is 0 Å². The molecule has 0 aromatic heterocycles. The normalized spacial score (nSPS) is 10.4. The number of aromatic carboxylic acids is 1. The first-order chi connectivity index (χ1) is 9.97. The Kier molecular flexibility index (Phi) is 4.22. The summed E-state index contributed by atoms with van der Waals surface area (Å²) >= 11 is 0. The summed E-state index contributed by atoms with van der Waals surface area (Å²) in [5.74, 6) is -1.45. The predicted octanol–water partition coefficient (Wildman–Crippen LogP) is 3.36. The highest BCUT2D eigenvalue weighted by molar-refractivity contribution is 5.88. The molecule has 2 rings (SSSR count). The van der Waals surface area contributed by atoms with Gasteiger partial charge in [-0.15, -0.1) is 0 Å². The van der Waals surface area contributed by atoms with Gasteiger partial charge in [-0.05, 0) is 30.3 Å². The van der Waals surface area contributed by atoms with Crippen LogP contribution in [0.1, 0.15) is 10.4 Å². The molecule has 0 aliphatic carbocycles. The predicted molar refractivity (Wildman–Crippen MR) is 71.0 cm³/mol. The molecule has 0 radical (unpaired) electrons. The monoisotopic (exact) mass is 295 g/mol. The van der Waals surface area contributed by atoms with Gasteiger partial charge >= 0.3 is 12.6 Å². The maximum atomic E-state index is 12.4. The van der Waals surface area contributed by atoms with Crippen molar-refractivity contribution in [3.8, 4) is 17.2 Å². The molecule has 0 atom stereocenters. The molecule has 0 bridgehead atoms. The number of anilines is 1. The van der Waals surface area contributed by atoms with Crippen LogP contribution in [0.5, 0.6) is 17.2 Å². The third kappa shape index (κ3) is 3.59. The number of alkyl halides is 2. The second-order valence-electron chi connectivity index (χ2n) is 3.99. The van der Waals surface area contributed by atoms with Gasteiger partial charge in [-0.3, -0.25) is 0 Å². The van der Waals surface area contributed by atoms with Crippen LogP contribution in [-0.2, 0) is 0 Å². The van der Waals surface area contributed by atoms with Gasteiger partial charge in [-0.2, -0.15) is 8.78 Å². The van der Waals surface area contributed by atoms with Crippen LogP contribution in [0.4, 0.5) is 14.5 Å². The highest BCUT2D eigenvalue weighted by Crippen LogP contribution is 2.35. The van der Waals surface area contributed by atoms with E-state index in [1.54, 1.807) is 18.2 Å². The minimum Gasteiger partial charge on any atom is -0.478 e. The molecule has 3 N–H and O–H groups in total. The molecule has 0 saturated carbocycles. The lowest BCUT2D eigenvalue weighted by molar-refractivity contribution is -0.0510. The summed E-state index contributed by atoms with van der Waals surface area (Å²) in [6, 6.07) is 9.73. The molecule has 0 unspecified atom stereocenters. The number of carboxylic acid groups (broad SMARTS) is 1. The molecule has 0 spiro atoms. The van der Waals surface area contributed by atoms with Crippen LogP contribution in [-0.4, -0.2) is 17.7 Å². The van der Waals surface area contributed by atoms with E-state index < -0.39 is 12.6 Å². The van der Waals surface area contributed by atoms with Gasteiger partial charge in [0, 0.05) is 0 Å². The summed E-state index contributed by atoms with van der Waals surface area (Å²) in [6.07, 6.45) is 0. The van der Waals surface area contributed by atoms with Crippen molar-refractivity contribution in [3.63, 3.8) is 0 Å². The Morgan fingerprint density at radius 1 is 1.10 bits per heavy atom. The van der Waals surface area contributed by atoms with Gasteiger partial charge in [-0.25, -0.2) is 4.79 Å². The number of benzene rings is 2. The zero-order chi connectivity index (χ0) is 15.4. The van der Waals surface area contributed by atoms with E-state index >= 15 is 0 Å². The molecule has 110 valence electrons. The van der Waals surface area contributed by atoms with Gasteiger partial charge in [0.1, 0.15) is 0 Å². The van der Waals surface area contributed by atoms with Crippen LogP contribution in [0.15, 0.2) is 42.5 Å². The molecular formula is C14H11F2NO4. The van der Waals surface area contributed by atoms with Crippen LogP contribution < -0.4 is 15.2 Å². The number of carboxylic acids is 1. The maximum Gasteiger partial charge on any atom is 0.387 e. The summed E-state index contributed by atoms with van der Waals surface area (Å²) in [6.45, 7) is -3.06. The lowest BCUT2D eigenvalue weighted by Gasteiger charge is -2.13. The second kappa shape index (κ2) is 6.08. The Morgan fingerprint density at radius 3 is 2.43 bits per heavy atom. The Labute approximate surface area is 118 Å². The van der Waals surface area contributed by atoms with E-state index in [4.69, 9.17) is 15.6 Å². The summed E-state index contributed by atoms with van der Waals surface area (Å²) in [5, 5.41) is 8.93. The summed E-state index contributed by atoms with van der Waals surface area (Å²) in [7, 11) is 0. The van der Waals surface area contributed by atoms with E-state index in [1.165, 1.54) is 6.07 Å². The molecule has 5 nitrogen and oxygen atoms in total. The summed E-state index contributed by atoms with van der Waals surface area (Å²) in [4.78, 5) is 10.9. The zero-order valence-corrected chi connectivity index (χ0v) is 10.6. The summed E-state index contributed by atoms with van der Waals surface area (Å²) in [5.41, 5.74) is 5.84. The number of para-hydroxylation sites is 2. The number of nitrogen functional groups attached to an aromatic ring is 1. The lowest BCUT2D eigenvalue weighted by atomic mass is 10.2. The average Bonchev–Trinajstić information content (AvgIpc) is 2.42. The van der Waals surface area contributed by atoms with Crippen LogP contribution in [0, 0.1) is 0 Å². The highest BCUT2D eigenvalue weighted by atomic mass is 19.3. The standard InChI is InChI=1S/C14H11F2NO4/c15-14(16)21-11-6-5-8(13(18)19)7-12(11)20-10-4-2-1-3-9(10)17/h1-7,14H,17H2,(H,18,19). The Morgan fingerprint density at radius 2 is 1.81 bits per heavy atom. The third-order valence-electron chi connectivity index (χ3n) is 2.55. The summed E-state index contributed by atoms with van der Waals surface area (Å²) < 4.78 is 34.4. The molecule has 0 aliphatic rings. The minimum absolute atomic E-state index is 0.124. The van der Waals surface area contributed by atoms with Crippen molar-refractivity contribution in [1.29, 1.82) is 0 Å². The highest BCUT2D eigenvalue weighted by Gasteiger charge is 2.15. The van der Waals surface area contributed by atoms with Crippen molar-refractivity contribution in [2.75, 3.05) is 5.73 Å². The maximum absolute atomic E-state index is 12.4. The smallest absolute Gasteiger partial charge is 0.387 e. The number of rotatable bonds is 5. The number of hydrogen-bond donors (Lipinski definition) is 2. The average molecular weight is 295 g/mol. The lowest BCUT2D eigenvalue weighted by Crippen LogP contribution is -2.05. The first-order valence-electron chi connectivity index (χ1n) is 5.82. The fraction of sp³-hybridized carbons (Fsp3) is 0.0714. The number of carbonyl (C=O) groups is 1. The van der Waals surface area contributed by atoms with Crippen molar-refractivity contribution < 1.29 is 28.2 Å². The van der Waals surface area contributed by atoms with Gasteiger partial charge in [0.2, 0.25) is 0 Å². The molecule has 0 fully saturated rings. The molecule has 7 heteroatoms.